The summed E-state index contributed by atoms with van der Waals surface area (Å²) in [5, 5.41) is 14.4. The zero-order valence-electron chi connectivity index (χ0n) is 9.82. The molecule has 2 aromatic heterocycles. The summed E-state index contributed by atoms with van der Waals surface area (Å²) in [5.41, 5.74) is 7.33. The minimum Gasteiger partial charge on any atom is -0.364 e. The summed E-state index contributed by atoms with van der Waals surface area (Å²) in [6.45, 7) is 0. The average molecular weight is 254 g/mol. The van der Waals surface area contributed by atoms with Gasteiger partial charge in [-0.1, -0.05) is 18.2 Å². The Bertz CT molecular complexity index is 715. The highest BCUT2D eigenvalue weighted by Gasteiger charge is 2.18. The SMILES string of the molecule is NC(=O)c1n[nH]nc1-c1ccccc1-n1cccn1. The highest BCUT2D eigenvalue weighted by atomic mass is 16.1. The molecule has 0 unspecified atom stereocenters. The molecule has 19 heavy (non-hydrogen) atoms. The summed E-state index contributed by atoms with van der Waals surface area (Å²) < 4.78 is 1.69. The molecule has 3 N–H and O–H groups in total. The third-order valence-corrected chi connectivity index (χ3v) is 2.69. The van der Waals surface area contributed by atoms with Crippen molar-refractivity contribution in [3.8, 4) is 16.9 Å². The molecule has 0 aliphatic carbocycles. The molecule has 0 spiro atoms. The smallest absolute Gasteiger partial charge is 0.271 e. The second-order valence-electron chi connectivity index (χ2n) is 3.85. The predicted molar refractivity (Wildman–Crippen MR) is 67.5 cm³/mol. The molecule has 0 saturated carbocycles. The van der Waals surface area contributed by atoms with Crippen LogP contribution < -0.4 is 5.73 Å². The lowest BCUT2D eigenvalue weighted by Gasteiger charge is -2.07. The first-order valence-corrected chi connectivity index (χ1v) is 5.57. The number of nitrogens with zero attached hydrogens (tertiary/aromatic N) is 4. The third-order valence-electron chi connectivity index (χ3n) is 2.69. The van der Waals surface area contributed by atoms with E-state index < -0.39 is 5.91 Å². The number of para-hydroxylation sites is 1. The highest BCUT2D eigenvalue weighted by molar-refractivity contribution is 5.97. The molecule has 3 rings (SSSR count). The summed E-state index contributed by atoms with van der Waals surface area (Å²) in [6.07, 6.45) is 3.48. The van der Waals surface area contributed by atoms with E-state index in [4.69, 9.17) is 5.73 Å². The van der Waals surface area contributed by atoms with Crippen molar-refractivity contribution >= 4 is 5.91 Å². The van der Waals surface area contributed by atoms with Crippen molar-refractivity contribution in [3.05, 3.63) is 48.4 Å². The number of rotatable bonds is 3. The number of carbonyl (C=O) groups is 1. The summed E-state index contributed by atoms with van der Waals surface area (Å²) in [4.78, 5) is 11.3. The van der Waals surface area contributed by atoms with Crippen LogP contribution in [-0.4, -0.2) is 31.1 Å². The van der Waals surface area contributed by atoms with E-state index in [0.717, 1.165) is 11.3 Å². The number of aromatic amines is 1. The maximum absolute atomic E-state index is 11.3. The Morgan fingerprint density at radius 2 is 2.05 bits per heavy atom. The Kier molecular flexibility index (Phi) is 2.57. The average Bonchev–Trinajstić information content (AvgIpc) is 3.10. The molecule has 3 aromatic rings. The summed E-state index contributed by atoms with van der Waals surface area (Å²) in [6, 6.07) is 9.25. The first-order chi connectivity index (χ1) is 9.27. The highest BCUT2D eigenvalue weighted by Crippen LogP contribution is 2.26. The van der Waals surface area contributed by atoms with E-state index in [1.807, 2.05) is 36.5 Å². The topological polar surface area (TPSA) is 102 Å². The molecular weight excluding hydrogens is 244 g/mol. The number of primary amides is 1. The Balaban J connectivity index is 2.21. The summed E-state index contributed by atoms with van der Waals surface area (Å²) in [7, 11) is 0. The Labute approximate surface area is 108 Å². The summed E-state index contributed by atoms with van der Waals surface area (Å²) in [5.74, 6) is -0.626. The van der Waals surface area contributed by atoms with Crippen LogP contribution in [-0.2, 0) is 0 Å². The van der Waals surface area contributed by atoms with E-state index in [1.54, 1.807) is 10.9 Å². The van der Waals surface area contributed by atoms with Gasteiger partial charge in [0.2, 0.25) is 0 Å². The minimum atomic E-state index is -0.626. The second-order valence-corrected chi connectivity index (χ2v) is 3.85. The van der Waals surface area contributed by atoms with Gasteiger partial charge in [0.1, 0.15) is 5.69 Å². The van der Waals surface area contributed by atoms with Gasteiger partial charge in [0.25, 0.3) is 5.91 Å². The molecule has 0 saturated heterocycles. The van der Waals surface area contributed by atoms with E-state index in [0.29, 0.717) is 5.69 Å². The Morgan fingerprint density at radius 1 is 1.21 bits per heavy atom. The first kappa shape index (κ1) is 11.1. The van der Waals surface area contributed by atoms with Crippen LogP contribution in [0.3, 0.4) is 0 Å². The number of aromatic nitrogens is 5. The maximum atomic E-state index is 11.3. The fourth-order valence-corrected chi connectivity index (χ4v) is 1.88. The van der Waals surface area contributed by atoms with E-state index in [9.17, 15) is 4.79 Å². The minimum absolute atomic E-state index is 0.111. The van der Waals surface area contributed by atoms with Gasteiger partial charge in [-0.25, -0.2) is 4.68 Å². The number of carbonyl (C=O) groups excluding carboxylic acids is 1. The number of hydrogen-bond donors (Lipinski definition) is 2. The molecule has 0 radical (unpaired) electrons. The zero-order chi connectivity index (χ0) is 13.2. The van der Waals surface area contributed by atoms with Crippen molar-refractivity contribution in [1.82, 2.24) is 25.2 Å². The molecule has 0 bridgehead atoms. The number of nitrogens with one attached hydrogen (secondary N) is 1. The van der Waals surface area contributed by atoms with E-state index in [1.165, 1.54) is 0 Å². The van der Waals surface area contributed by atoms with Crippen molar-refractivity contribution < 1.29 is 4.79 Å². The normalized spacial score (nSPS) is 10.5. The van der Waals surface area contributed by atoms with E-state index >= 15 is 0 Å². The van der Waals surface area contributed by atoms with Crippen LogP contribution in [0.15, 0.2) is 42.7 Å². The second kappa shape index (κ2) is 4.37. The van der Waals surface area contributed by atoms with Gasteiger partial charge >= 0.3 is 0 Å². The zero-order valence-corrected chi connectivity index (χ0v) is 9.82. The first-order valence-electron chi connectivity index (χ1n) is 5.57. The van der Waals surface area contributed by atoms with Gasteiger partial charge in [-0.3, -0.25) is 4.79 Å². The summed E-state index contributed by atoms with van der Waals surface area (Å²) >= 11 is 0. The van der Waals surface area contributed by atoms with Crippen LogP contribution in [0.2, 0.25) is 0 Å². The third kappa shape index (κ3) is 1.86. The molecule has 2 heterocycles. The molecule has 7 nitrogen and oxygen atoms in total. The van der Waals surface area contributed by atoms with Gasteiger partial charge in [-0.05, 0) is 12.1 Å². The van der Waals surface area contributed by atoms with Crippen molar-refractivity contribution in [1.29, 1.82) is 0 Å². The van der Waals surface area contributed by atoms with Crippen LogP contribution in [0, 0.1) is 0 Å². The fraction of sp³-hybridized carbons (Fsp3) is 0. The van der Waals surface area contributed by atoms with Crippen LogP contribution >= 0.6 is 0 Å². The van der Waals surface area contributed by atoms with E-state index in [2.05, 4.69) is 20.5 Å². The molecule has 0 atom stereocenters. The van der Waals surface area contributed by atoms with E-state index in [-0.39, 0.29) is 5.69 Å². The number of nitrogens with two attached hydrogens (primary N) is 1. The lowest BCUT2D eigenvalue weighted by atomic mass is 10.1. The van der Waals surface area contributed by atoms with Crippen LogP contribution in [0.1, 0.15) is 10.5 Å². The van der Waals surface area contributed by atoms with Crippen molar-refractivity contribution in [3.63, 3.8) is 0 Å². The molecule has 1 amide bonds. The maximum Gasteiger partial charge on any atom is 0.271 e. The van der Waals surface area contributed by atoms with Crippen LogP contribution in [0.4, 0.5) is 0 Å². The van der Waals surface area contributed by atoms with Crippen molar-refractivity contribution in [2.75, 3.05) is 0 Å². The molecule has 0 aliphatic rings. The monoisotopic (exact) mass is 254 g/mol. The van der Waals surface area contributed by atoms with Gasteiger partial charge in [-0.2, -0.15) is 20.5 Å². The molecule has 7 heteroatoms. The van der Waals surface area contributed by atoms with Gasteiger partial charge in [0.15, 0.2) is 5.69 Å². The van der Waals surface area contributed by atoms with Crippen LogP contribution in [0.25, 0.3) is 16.9 Å². The quantitative estimate of drug-likeness (QED) is 0.720. The lowest BCUT2D eigenvalue weighted by Crippen LogP contribution is -2.13. The molecule has 0 fully saturated rings. The van der Waals surface area contributed by atoms with Gasteiger partial charge in [-0.15, -0.1) is 0 Å². The van der Waals surface area contributed by atoms with Crippen LogP contribution in [0.5, 0.6) is 0 Å². The number of benzene rings is 1. The van der Waals surface area contributed by atoms with Gasteiger partial charge < -0.3 is 5.73 Å². The molecule has 0 aliphatic heterocycles. The molecule has 1 aromatic carbocycles. The number of H-pyrrole nitrogens is 1. The Morgan fingerprint density at radius 3 is 2.79 bits per heavy atom. The van der Waals surface area contributed by atoms with Gasteiger partial charge in [0.05, 0.1) is 5.69 Å². The lowest BCUT2D eigenvalue weighted by molar-refractivity contribution is 0.0996. The predicted octanol–water partition coefficient (Wildman–Crippen LogP) is 0.756. The number of hydrogen-bond acceptors (Lipinski definition) is 4. The number of amides is 1. The van der Waals surface area contributed by atoms with Gasteiger partial charge in [0, 0.05) is 18.0 Å². The molecular formula is C12H10N6O. The Hall–Kier alpha value is -2.96. The van der Waals surface area contributed by atoms with Crippen molar-refractivity contribution in [2.24, 2.45) is 5.73 Å². The molecule has 94 valence electrons. The fourth-order valence-electron chi connectivity index (χ4n) is 1.88. The van der Waals surface area contributed by atoms with Crippen molar-refractivity contribution in [2.45, 2.75) is 0 Å². The standard InChI is InChI=1S/C12H10N6O/c13-12(19)11-10(15-17-16-11)8-4-1-2-5-9(8)18-7-3-6-14-18/h1-7H,(H2,13,19)(H,15,16,17). The largest absolute Gasteiger partial charge is 0.364 e.